The van der Waals surface area contributed by atoms with Crippen molar-refractivity contribution in [3.05, 3.63) is 112 Å². The van der Waals surface area contributed by atoms with Gasteiger partial charge < -0.3 is 5.32 Å². The molecular weight excluding hydrogens is 392 g/mol. The van der Waals surface area contributed by atoms with Crippen molar-refractivity contribution in [1.29, 1.82) is 0 Å². The molecule has 150 valence electrons. The van der Waals surface area contributed by atoms with Gasteiger partial charge in [0.05, 0.1) is 0 Å². The summed E-state index contributed by atoms with van der Waals surface area (Å²) in [6, 6.07) is 24.3. The number of hydrogen-bond donors (Lipinski definition) is 1. The summed E-state index contributed by atoms with van der Waals surface area (Å²) in [5.41, 5.74) is 5.69. The van der Waals surface area contributed by atoms with E-state index in [0.29, 0.717) is 23.8 Å². The number of hydrogen-bond acceptors (Lipinski definition) is 4. The monoisotopic (exact) mass is 414 g/mol. The summed E-state index contributed by atoms with van der Waals surface area (Å²) in [5.74, 6) is 2.03. The highest BCUT2D eigenvalue weighted by atomic mass is 35.5. The highest BCUT2D eigenvalue weighted by molar-refractivity contribution is 6.30. The molecular formula is C25H23ClN4. The van der Waals surface area contributed by atoms with Gasteiger partial charge in [0.2, 0.25) is 5.95 Å². The van der Waals surface area contributed by atoms with Crippen molar-refractivity contribution in [2.75, 3.05) is 5.32 Å². The molecule has 4 aromatic rings. The fourth-order valence-corrected chi connectivity index (χ4v) is 3.48. The minimum absolute atomic E-state index is 0.539. The van der Waals surface area contributed by atoms with Crippen molar-refractivity contribution < 1.29 is 0 Å². The maximum Gasteiger partial charge on any atom is 0.230 e. The average molecular weight is 415 g/mol. The highest BCUT2D eigenvalue weighted by Crippen LogP contribution is 2.18. The molecule has 30 heavy (non-hydrogen) atoms. The maximum absolute atomic E-state index is 6.00. The second-order valence-corrected chi connectivity index (χ2v) is 7.89. The van der Waals surface area contributed by atoms with Crippen molar-refractivity contribution in [3.8, 4) is 0 Å². The molecule has 4 nitrogen and oxygen atoms in total. The van der Waals surface area contributed by atoms with Gasteiger partial charge in [-0.3, -0.25) is 0 Å². The summed E-state index contributed by atoms with van der Waals surface area (Å²) in [5, 5.41) is 3.98. The number of rotatable bonds is 6. The van der Waals surface area contributed by atoms with E-state index in [2.05, 4.69) is 77.7 Å². The van der Waals surface area contributed by atoms with Gasteiger partial charge in [0.15, 0.2) is 0 Å². The molecule has 0 saturated carbocycles. The molecule has 0 fully saturated rings. The Hall–Kier alpha value is -3.24. The lowest BCUT2D eigenvalue weighted by Crippen LogP contribution is -2.09. The normalized spacial score (nSPS) is 10.8. The van der Waals surface area contributed by atoms with Crippen LogP contribution in [0.4, 0.5) is 11.6 Å². The zero-order chi connectivity index (χ0) is 20.9. The Labute approximate surface area is 182 Å². The van der Waals surface area contributed by atoms with Crippen LogP contribution in [0.1, 0.15) is 33.9 Å². The number of nitrogens with zero attached hydrogens (tertiary/aromatic N) is 3. The lowest BCUT2D eigenvalue weighted by molar-refractivity contribution is 0.855. The summed E-state index contributed by atoms with van der Waals surface area (Å²) in [6.45, 7) is 4.18. The van der Waals surface area contributed by atoms with Gasteiger partial charge in [-0.25, -0.2) is 4.98 Å². The second-order valence-electron chi connectivity index (χ2n) is 7.46. The van der Waals surface area contributed by atoms with Crippen LogP contribution in [0.5, 0.6) is 0 Å². The molecule has 3 aromatic carbocycles. The molecule has 4 rings (SSSR count). The van der Waals surface area contributed by atoms with Crippen LogP contribution in [0, 0.1) is 13.8 Å². The number of benzene rings is 3. The zero-order valence-electron chi connectivity index (χ0n) is 17.1. The predicted molar refractivity (Wildman–Crippen MR) is 123 cm³/mol. The summed E-state index contributed by atoms with van der Waals surface area (Å²) in [6.07, 6.45) is 1.31. The molecule has 0 aliphatic carbocycles. The second kappa shape index (κ2) is 9.06. The molecule has 0 bridgehead atoms. The first-order chi connectivity index (χ1) is 14.5. The first-order valence-corrected chi connectivity index (χ1v) is 10.3. The molecule has 0 radical (unpaired) electrons. The summed E-state index contributed by atoms with van der Waals surface area (Å²) in [7, 11) is 0. The third kappa shape index (κ3) is 5.43. The number of aryl methyl sites for hydroxylation is 2. The van der Waals surface area contributed by atoms with Crippen LogP contribution in [-0.4, -0.2) is 15.0 Å². The van der Waals surface area contributed by atoms with Crippen molar-refractivity contribution in [2.24, 2.45) is 0 Å². The third-order valence-electron chi connectivity index (χ3n) is 4.72. The minimum atomic E-state index is 0.539. The van der Waals surface area contributed by atoms with Crippen LogP contribution in [0.25, 0.3) is 0 Å². The largest absolute Gasteiger partial charge is 0.324 e. The molecule has 1 N–H and O–H groups in total. The Morgan fingerprint density at radius 3 is 1.73 bits per heavy atom. The molecule has 0 aliphatic rings. The molecule has 5 heteroatoms. The maximum atomic E-state index is 6.00. The summed E-state index contributed by atoms with van der Waals surface area (Å²) >= 11 is 6.00. The lowest BCUT2D eigenvalue weighted by Gasteiger charge is -2.10. The van der Waals surface area contributed by atoms with E-state index in [-0.39, 0.29) is 0 Å². The van der Waals surface area contributed by atoms with Crippen molar-refractivity contribution >= 4 is 23.2 Å². The van der Waals surface area contributed by atoms with E-state index in [9.17, 15) is 0 Å². The van der Waals surface area contributed by atoms with Gasteiger partial charge in [0, 0.05) is 23.6 Å². The first kappa shape index (κ1) is 20.0. The van der Waals surface area contributed by atoms with Gasteiger partial charge in [-0.2, -0.15) is 9.97 Å². The Balaban J connectivity index is 1.66. The lowest BCUT2D eigenvalue weighted by atomic mass is 10.1. The van der Waals surface area contributed by atoms with E-state index in [0.717, 1.165) is 17.3 Å². The molecule has 1 heterocycles. The fourth-order valence-electron chi connectivity index (χ4n) is 3.35. The van der Waals surface area contributed by atoms with Gasteiger partial charge in [-0.1, -0.05) is 71.3 Å². The van der Waals surface area contributed by atoms with Crippen LogP contribution in [0.15, 0.2) is 72.8 Å². The number of anilines is 2. The third-order valence-corrected chi connectivity index (χ3v) is 4.97. The zero-order valence-corrected chi connectivity index (χ0v) is 17.8. The Kier molecular flexibility index (Phi) is 6.05. The Morgan fingerprint density at radius 2 is 1.23 bits per heavy atom. The van der Waals surface area contributed by atoms with Crippen LogP contribution < -0.4 is 5.32 Å². The molecule has 0 atom stereocenters. The van der Waals surface area contributed by atoms with Crippen molar-refractivity contribution in [2.45, 2.75) is 26.7 Å². The minimum Gasteiger partial charge on any atom is -0.324 e. The van der Waals surface area contributed by atoms with Crippen molar-refractivity contribution in [3.63, 3.8) is 0 Å². The molecule has 0 spiro atoms. The number of halogens is 1. The van der Waals surface area contributed by atoms with Gasteiger partial charge in [0.1, 0.15) is 11.6 Å². The molecule has 0 amide bonds. The molecule has 0 unspecified atom stereocenters. The van der Waals surface area contributed by atoms with E-state index < -0.39 is 0 Å². The number of aromatic nitrogens is 3. The van der Waals surface area contributed by atoms with E-state index in [1.807, 2.05) is 24.3 Å². The van der Waals surface area contributed by atoms with Crippen LogP contribution in [0.2, 0.25) is 5.02 Å². The SMILES string of the molecule is Cc1cccc(Cc2nc(Cc3cccc(C)c3)nc(Nc3ccc(Cl)cc3)n2)c1. The number of nitrogens with one attached hydrogen (secondary N) is 1. The van der Waals surface area contributed by atoms with Crippen molar-refractivity contribution in [1.82, 2.24) is 15.0 Å². The molecule has 1 aromatic heterocycles. The average Bonchev–Trinajstić information content (AvgIpc) is 2.70. The first-order valence-electron chi connectivity index (χ1n) is 9.91. The smallest absolute Gasteiger partial charge is 0.230 e. The standard InChI is InChI=1S/C25H23ClN4/c1-17-5-3-7-19(13-17)15-23-28-24(16-20-8-4-6-18(2)14-20)30-25(29-23)27-22-11-9-21(26)10-12-22/h3-14H,15-16H2,1-2H3,(H,27,28,29,30). The predicted octanol–water partition coefficient (Wildman–Crippen LogP) is 6.07. The van der Waals surface area contributed by atoms with E-state index in [4.69, 9.17) is 16.6 Å². The quantitative estimate of drug-likeness (QED) is 0.416. The summed E-state index contributed by atoms with van der Waals surface area (Å²) in [4.78, 5) is 14.1. The van der Waals surface area contributed by atoms with Gasteiger partial charge >= 0.3 is 0 Å². The van der Waals surface area contributed by atoms with Gasteiger partial charge in [0.25, 0.3) is 0 Å². The van der Waals surface area contributed by atoms with Crippen LogP contribution in [0.3, 0.4) is 0 Å². The van der Waals surface area contributed by atoms with Crippen LogP contribution >= 0.6 is 11.6 Å². The molecule has 0 saturated heterocycles. The Bertz CT molecular complexity index is 1090. The summed E-state index contributed by atoms with van der Waals surface area (Å²) < 4.78 is 0. The van der Waals surface area contributed by atoms with Gasteiger partial charge in [-0.05, 0) is 49.2 Å². The highest BCUT2D eigenvalue weighted by Gasteiger charge is 2.10. The molecule has 0 aliphatic heterocycles. The Morgan fingerprint density at radius 1 is 0.700 bits per heavy atom. The van der Waals surface area contributed by atoms with E-state index in [1.165, 1.54) is 22.3 Å². The van der Waals surface area contributed by atoms with E-state index >= 15 is 0 Å². The topological polar surface area (TPSA) is 50.7 Å². The van der Waals surface area contributed by atoms with Gasteiger partial charge in [-0.15, -0.1) is 0 Å². The fraction of sp³-hybridized carbons (Fsp3) is 0.160. The van der Waals surface area contributed by atoms with Crippen LogP contribution in [-0.2, 0) is 12.8 Å². The van der Waals surface area contributed by atoms with E-state index in [1.54, 1.807) is 0 Å².